The van der Waals surface area contributed by atoms with Gasteiger partial charge in [-0.15, -0.1) is 5.10 Å². The zero-order valence-electron chi connectivity index (χ0n) is 12.7. The molecule has 128 valence electrons. The molecule has 1 fully saturated rings. The van der Waals surface area contributed by atoms with Crippen LogP contribution in [0.3, 0.4) is 0 Å². The van der Waals surface area contributed by atoms with Gasteiger partial charge in [0.25, 0.3) is 5.24 Å². The Morgan fingerprint density at radius 2 is 1.96 bits per heavy atom. The molecule has 1 aliphatic heterocycles. The SMILES string of the molecule is O=C(S)NCc1cn(-c2cc(F)c(N3CCNCC3)c(F)c2)nn1. The normalized spacial score (nSPS) is 14.7. The molecule has 1 aliphatic rings. The van der Waals surface area contributed by atoms with Crippen molar-refractivity contribution in [1.82, 2.24) is 25.6 Å². The number of thiol groups is 1. The summed E-state index contributed by atoms with van der Waals surface area (Å²) in [5.74, 6) is -1.29. The van der Waals surface area contributed by atoms with Gasteiger partial charge in [-0.3, -0.25) is 4.79 Å². The molecule has 0 unspecified atom stereocenters. The number of benzene rings is 1. The first-order valence-corrected chi connectivity index (χ1v) is 7.82. The van der Waals surface area contributed by atoms with Crippen LogP contribution in [-0.4, -0.2) is 46.4 Å². The Morgan fingerprint density at radius 3 is 2.58 bits per heavy atom. The molecule has 1 aromatic carbocycles. The maximum Gasteiger partial charge on any atom is 0.276 e. The summed E-state index contributed by atoms with van der Waals surface area (Å²) in [4.78, 5) is 12.4. The molecular formula is C14H16F2N6OS. The van der Waals surface area contributed by atoms with Crippen LogP contribution in [0, 0.1) is 11.6 Å². The van der Waals surface area contributed by atoms with Crippen LogP contribution in [0.5, 0.6) is 0 Å². The van der Waals surface area contributed by atoms with Crippen LogP contribution in [0.1, 0.15) is 5.69 Å². The number of rotatable bonds is 4. The van der Waals surface area contributed by atoms with Gasteiger partial charge in [-0.25, -0.2) is 13.5 Å². The maximum absolute atomic E-state index is 14.4. The number of halogens is 2. The van der Waals surface area contributed by atoms with E-state index in [1.54, 1.807) is 4.90 Å². The molecule has 3 rings (SSSR count). The molecule has 24 heavy (non-hydrogen) atoms. The third kappa shape index (κ3) is 3.65. The highest BCUT2D eigenvalue weighted by Crippen LogP contribution is 2.26. The van der Waals surface area contributed by atoms with E-state index < -0.39 is 16.9 Å². The number of carbonyl (C=O) groups is 1. The Labute approximate surface area is 142 Å². The van der Waals surface area contributed by atoms with Gasteiger partial charge >= 0.3 is 0 Å². The Bertz CT molecular complexity index is 724. The van der Waals surface area contributed by atoms with Crippen molar-refractivity contribution in [3.05, 3.63) is 35.7 Å². The Kier molecular flexibility index (Phi) is 4.95. The zero-order chi connectivity index (χ0) is 17.1. The minimum absolute atomic E-state index is 0.0251. The predicted molar refractivity (Wildman–Crippen MR) is 87.6 cm³/mol. The van der Waals surface area contributed by atoms with Crippen LogP contribution >= 0.6 is 12.6 Å². The van der Waals surface area contributed by atoms with E-state index in [9.17, 15) is 13.6 Å². The number of piperazine rings is 1. The standard InChI is InChI=1S/C14H16F2N6OS/c15-11-5-10(22-8-9(19-20-22)7-18-14(23)24)6-12(16)13(11)21-3-1-17-2-4-21/h5-6,8,17H,1-4,7H2,(H2,18,23,24). The number of anilines is 1. The minimum atomic E-state index is -0.646. The van der Waals surface area contributed by atoms with Crippen LogP contribution < -0.4 is 15.5 Å². The highest BCUT2D eigenvalue weighted by Gasteiger charge is 2.20. The molecule has 0 radical (unpaired) electrons. The third-order valence-corrected chi connectivity index (χ3v) is 3.82. The van der Waals surface area contributed by atoms with Gasteiger partial charge in [0, 0.05) is 38.3 Å². The molecule has 1 aromatic heterocycles. The molecular weight excluding hydrogens is 338 g/mol. The molecule has 0 atom stereocenters. The number of aromatic nitrogens is 3. The van der Waals surface area contributed by atoms with Crippen molar-refractivity contribution >= 4 is 23.6 Å². The summed E-state index contributed by atoms with van der Waals surface area (Å²) in [6.07, 6.45) is 1.49. The van der Waals surface area contributed by atoms with Gasteiger partial charge in [0.2, 0.25) is 0 Å². The molecule has 10 heteroatoms. The summed E-state index contributed by atoms with van der Waals surface area (Å²) in [6.45, 7) is 2.59. The summed E-state index contributed by atoms with van der Waals surface area (Å²) in [6, 6.07) is 2.44. The van der Waals surface area contributed by atoms with Gasteiger partial charge in [-0.05, 0) is 0 Å². The smallest absolute Gasteiger partial charge is 0.276 e. The van der Waals surface area contributed by atoms with Crippen molar-refractivity contribution < 1.29 is 13.6 Å². The van der Waals surface area contributed by atoms with Gasteiger partial charge in [-0.2, -0.15) is 0 Å². The van der Waals surface area contributed by atoms with Crippen molar-refractivity contribution in [2.45, 2.75) is 6.54 Å². The Balaban J connectivity index is 1.83. The van der Waals surface area contributed by atoms with E-state index in [1.807, 2.05) is 0 Å². The van der Waals surface area contributed by atoms with E-state index in [-0.39, 0.29) is 17.9 Å². The first kappa shape index (κ1) is 16.7. The van der Waals surface area contributed by atoms with Crippen molar-refractivity contribution in [2.24, 2.45) is 0 Å². The molecule has 2 aromatic rings. The van der Waals surface area contributed by atoms with Crippen molar-refractivity contribution in [2.75, 3.05) is 31.1 Å². The van der Waals surface area contributed by atoms with E-state index >= 15 is 0 Å². The summed E-state index contributed by atoms with van der Waals surface area (Å²) < 4.78 is 30.1. The molecule has 0 bridgehead atoms. The summed E-state index contributed by atoms with van der Waals surface area (Å²) >= 11 is 3.58. The molecule has 1 amide bonds. The van der Waals surface area contributed by atoms with E-state index in [0.717, 1.165) is 0 Å². The lowest BCUT2D eigenvalue weighted by molar-refractivity contribution is 0.260. The van der Waals surface area contributed by atoms with Crippen LogP contribution in [0.15, 0.2) is 18.3 Å². The van der Waals surface area contributed by atoms with Crippen LogP contribution in [0.2, 0.25) is 0 Å². The topological polar surface area (TPSA) is 75.1 Å². The molecule has 1 saturated heterocycles. The molecule has 2 N–H and O–H groups in total. The zero-order valence-corrected chi connectivity index (χ0v) is 13.6. The van der Waals surface area contributed by atoms with E-state index in [2.05, 4.69) is 33.6 Å². The number of hydrogen-bond acceptors (Lipinski definition) is 5. The van der Waals surface area contributed by atoms with Gasteiger partial charge in [0.15, 0.2) is 11.6 Å². The second kappa shape index (κ2) is 7.14. The fourth-order valence-electron chi connectivity index (χ4n) is 2.55. The lowest BCUT2D eigenvalue weighted by Gasteiger charge is -2.30. The lowest BCUT2D eigenvalue weighted by atomic mass is 10.2. The summed E-state index contributed by atoms with van der Waals surface area (Å²) in [7, 11) is 0. The highest BCUT2D eigenvalue weighted by molar-refractivity contribution is 7.96. The lowest BCUT2D eigenvalue weighted by Crippen LogP contribution is -2.44. The van der Waals surface area contributed by atoms with E-state index in [1.165, 1.54) is 23.0 Å². The van der Waals surface area contributed by atoms with E-state index in [0.29, 0.717) is 31.9 Å². The second-order valence-electron chi connectivity index (χ2n) is 5.31. The van der Waals surface area contributed by atoms with Crippen molar-refractivity contribution in [3.8, 4) is 5.69 Å². The number of amides is 1. The van der Waals surface area contributed by atoms with Crippen LogP contribution in [0.4, 0.5) is 19.3 Å². The Hall–Kier alpha value is -2.20. The molecule has 2 heterocycles. The first-order chi connectivity index (χ1) is 11.5. The average Bonchev–Trinajstić information content (AvgIpc) is 3.02. The fourth-order valence-corrected chi connectivity index (χ4v) is 2.63. The molecule has 0 spiro atoms. The summed E-state index contributed by atoms with van der Waals surface area (Å²) in [5.41, 5.74) is 0.646. The quantitative estimate of drug-likeness (QED) is 0.717. The molecule has 0 aliphatic carbocycles. The molecule has 0 saturated carbocycles. The first-order valence-electron chi connectivity index (χ1n) is 7.37. The van der Waals surface area contributed by atoms with Crippen LogP contribution in [-0.2, 0) is 6.54 Å². The number of hydrogen-bond donors (Lipinski definition) is 3. The van der Waals surface area contributed by atoms with Gasteiger partial charge in [-0.1, -0.05) is 17.8 Å². The molecule has 7 nitrogen and oxygen atoms in total. The van der Waals surface area contributed by atoms with Gasteiger partial charge in [0.1, 0.15) is 11.4 Å². The van der Waals surface area contributed by atoms with Gasteiger partial charge in [0.05, 0.1) is 18.4 Å². The van der Waals surface area contributed by atoms with Crippen molar-refractivity contribution in [3.63, 3.8) is 0 Å². The minimum Gasteiger partial charge on any atom is -0.364 e. The van der Waals surface area contributed by atoms with Crippen LogP contribution in [0.25, 0.3) is 5.69 Å². The maximum atomic E-state index is 14.4. The number of carbonyl (C=O) groups excluding carboxylic acids is 1. The van der Waals surface area contributed by atoms with Crippen molar-refractivity contribution in [1.29, 1.82) is 0 Å². The van der Waals surface area contributed by atoms with Gasteiger partial charge < -0.3 is 15.5 Å². The number of nitrogens with zero attached hydrogens (tertiary/aromatic N) is 4. The number of nitrogens with one attached hydrogen (secondary N) is 2. The third-order valence-electron chi connectivity index (χ3n) is 3.66. The largest absolute Gasteiger partial charge is 0.364 e. The summed E-state index contributed by atoms with van der Waals surface area (Å²) in [5, 5.41) is 12.8. The second-order valence-corrected chi connectivity index (χ2v) is 5.71. The fraction of sp³-hybridized carbons (Fsp3) is 0.357. The predicted octanol–water partition coefficient (Wildman–Crippen LogP) is 1.09. The average molecular weight is 354 g/mol. The Morgan fingerprint density at radius 1 is 1.29 bits per heavy atom. The highest BCUT2D eigenvalue weighted by atomic mass is 32.1. The van der Waals surface area contributed by atoms with E-state index in [4.69, 9.17) is 0 Å². The monoisotopic (exact) mass is 354 g/mol.